The lowest BCUT2D eigenvalue weighted by Crippen LogP contribution is -1.89. The number of aryl methyl sites for hydroxylation is 3. The van der Waals surface area contributed by atoms with E-state index in [-0.39, 0.29) is 0 Å². The molecule has 1 heterocycles. The minimum Gasteiger partial charge on any atom is -0.399 e. The van der Waals surface area contributed by atoms with E-state index in [0.29, 0.717) is 0 Å². The summed E-state index contributed by atoms with van der Waals surface area (Å²) in [6, 6.07) is 6.06. The molecule has 0 aliphatic heterocycles. The van der Waals surface area contributed by atoms with Crippen molar-refractivity contribution in [3.63, 3.8) is 0 Å². The first-order chi connectivity index (χ1) is 7.08. The number of hydrogen-bond donors (Lipinski definition) is 1. The zero-order chi connectivity index (χ0) is 11.0. The van der Waals surface area contributed by atoms with Crippen LogP contribution in [0.25, 0.3) is 10.6 Å². The maximum absolute atomic E-state index is 5.78. The zero-order valence-electron chi connectivity index (χ0n) is 9.16. The Bertz CT molecular complexity index is 481. The van der Waals surface area contributed by atoms with Crippen LogP contribution in [0.3, 0.4) is 0 Å². The molecular formula is C12H14N2S. The highest BCUT2D eigenvalue weighted by Gasteiger charge is 2.06. The molecule has 0 radical (unpaired) electrons. The smallest absolute Gasteiger partial charge is 0.123 e. The van der Waals surface area contributed by atoms with Crippen LogP contribution in [-0.2, 0) is 0 Å². The first-order valence-corrected chi connectivity index (χ1v) is 5.70. The van der Waals surface area contributed by atoms with Gasteiger partial charge in [-0.3, -0.25) is 0 Å². The number of nitrogens with zero attached hydrogens (tertiary/aromatic N) is 1. The highest BCUT2D eigenvalue weighted by atomic mass is 32.1. The number of aromatic nitrogens is 1. The van der Waals surface area contributed by atoms with Crippen molar-refractivity contribution in [1.29, 1.82) is 0 Å². The third-order valence-electron chi connectivity index (χ3n) is 2.55. The summed E-state index contributed by atoms with van der Waals surface area (Å²) >= 11 is 1.73. The van der Waals surface area contributed by atoms with Crippen LogP contribution in [0.1, 0.15) is 16.1 Å². The van der Waals surface area contributed by atoms with Crippen molar-refractivity contribution >= 4 is 17.0 Å². The maximum atomic E-state index is 5.78. The van der Waals surface area contributed by atoms with Gasteiger partial charge in [-0.25, -0.2) is 4.98 Å². The molecule has 0 unspecified atom stereocenters. The summed E-state index contributed by atoms with van der Waals surface area (Å²) in [5.41, 5.74) is 10.0. The van der Waals surface area contributed by atoms with E-state index in [1.54, 1.807) is 11.3 Å². The molecular weight excluding hydrogens is 204 g/mol. The number of nitrogens with two attached hydrogens (primary N) is 1. The van der Waals surface area contributed by atoms with E-state index in [1.807, 2.05) is 26.0 Å². The van der Waals surface area contributed by atoms with Crippen molar-refractivity contribution in [2.45, 2.75) is 20.8 Å². The molecule has 0 fully saturated rings. The van der Waals surface area contributed by atoms with Gasteiger partial charge in [-0.15, -0.1) is 11.3 Å². The Balaban J connectivity index is 2.49. The SMILES string of the molecule is Cc1cc(-c2nc(C)c(C)s2)ccc1N. The Hall–Kier alpha value is -1.35. The molecule has 0 saturated heterocycles. The third-order valence-corrected chi connectivity index (χ3v) is 3.67. The van der Waals surface area contributed by atoms with E-state index in [0.717, 1.165) is 27.5 Å². The second-order valence-electron chi connectivity index (χ2n) is 3.73. The number of hydrogen-bond acceptors (Lipinski definition) is 3. The summed E-state index contributed by atoms with van der Waals surface area (Å²) in [7, 11) is 0. The molecule has 0 bridgehead atoms. The molecule has 0 aliphatic rings. The van der Waals surface area contributed by atoms with Crippen LogP contribution >= 0.6 is 11.3 Å². The van der Waals surface area contributed by atoms with Gasteiger partial charge in [0.25, 0.3) is 0 Å². The summed E-state index contributed by atoms with van der Waals surface area (Å²) in [5.74, 6) is 0. The average Bonchev–Trinajstić information content (AvgIpc) is 2.52. The topological polar surface area (TPSA) is 38.9 Å². The molecule has 0 aliphatic carbocycles. The molecule has 78 valence electrons. The molecule has 2 aromatic rings. The van der Waals surface area contributed by atoms with Crippen LogP contribution in [-0.4, -0.2) is 4.98 Å². The van der Waals surface area contributed by atoms with Gasteiger partial charge in [0.15, 0.2) is 0 Å². The van der Waals surface area contributed by atoms with E-state index in [9.17, 15) is 0 Å². The van der Waals surface area contributed by atoms with Gasteiger partial charge in [0, 0.05) is 16.1 Å². The molecule has 0 amide bonds. The lowest BCUT2D eigenvalue weighted by atomic mass is 10.1. The van der Waals surface area contributed by atoms with Gasteiger partial charge in [-0.05, 0) is 44.5 Å². The monoisotopic (exact) mass is 218 g/mol. The molecule has 2 rings (SSSR count). The third kappa shape index (κ3) is 1.88. The van der Waals surface area contributed by atoms with Gasteiger partial charge in [0.2, 0.25) is 0 Å². The Morgan fingerprint density at radius 3 is 2.47 bits per heavy atom. The lowest BCUT2D eigenvalue weighted by Gasteiger charge is -2.01. The molecule has 0 atom stereocenters. The number of thiazole rings is 1. The zero-order valence-corrected chi connectivity index (χ0v) is 9.98. The van der Waals surface area contributed by atoms with Crippen molar-refractivity contribution < 1.29 is 0 Å². The van der Waals surface area contributed by atoms with Gasteiger partial charge in [-0.1, -0.05) is 0 Å². The van der Waals surface area contributed by atoms with Crippen LogP contribution in [0.15, 0.2) is 18.2 Å². The minimum absolute atomic E-state index is 0.837. The standard InChI is InChI=1S/C12H14N2S/c1-7-6-10(4-5-11(7)13)12-14-8(2)9(3)15-12/h4-6H,13H2,1-3H3. The van der Waals surface area contributed by atoms with E-state index in [4.69, 9.17) is 5.73 Å². The normalized spacial score (nSPS) is 10.6. The Morgan fingerprint density at radius 2 is 1.93 bits per heavy atom. The molecule has 2 N–H and O–H groups in total. The number of nitrogen functional groups attached to an aromatic ring is 1. The van der Waals surface area contributed by atoms with Crippen molar-refractivity contribution in [3.05, 3.63) is 34.3 Å². The van der Waals surface area contributed by atoms with Crippen molar-refractivity contribution in [1.82, 2.24) is 4.98 Å². The van der Waals surface area contributed by atoms with E-state index in [1.165, 1.54) is 4.88 Å². The first-order valence-electron chi connectivity index (χ1n) is 4.88. The molecule has 3 heteroatoms. The summed E-state index contributed by atoms with van der Waals surface area (Å²) < 4.78 is 0. The summed E-state index contributed by atoms with van der Waals surface area (Å²) in [4.78, 5) is 5.81. The molecule has 1 aromatic heterocycles. The number of anilines is 1. The summed E-state index contributed by atoms with van der Waals surface area (Å²) in [5, 5.41) is 1.08. The fourth-order valence-corrected chi connectivity index (χ4v) is 2.32. The predicted octanol–water partition coefficient (Wildman–Crippen LogP) is 3.32. The van der Waals surface area contributed by atoms with Gasteiger partial charge in [-0.2, -0.15) is 0 Å². The van der Waals surface area contributed by atoms with E-state index < -0.39 is 0 Å². The van der Waals surface area contributed by atoms with Crippen molar-refractivity contribution in [2.75, 3.05) is 5.73 Å². The fourth-order valence-electron chi connectivity index (χ4n) is 1.40. The van der Waals surface area contributed by atoms with Crippen LogP contribution in [0.5, 0.6) is 0 Å². The first kappa shape index (κ1) is 10.2. The highest BCUT2D eigenvalue weighted by molar-refractivity contribution is 7.15. The highest BCUT2D eigenvalue weighted by Crippen LogP contribution is 2.28. The second kappa shape index (κ2) is 3.66. The van der Waals surface area contributed by atoms with Crippen LogP contribution in [0.2, 0.25) is 0 Å². The lowest BCUT2D eigenvalue weighted by molar-refractivity contribution is 1.23. The maximum Gasteiger partial charge on any atom is 0.123 e. The van der Waals surface area contributed by atoms with Gasteiger partial charge < -0.3 is 5.73 Å². The van der Waals surface area contributed by atoms with E-state index in [2.05, 4.69) is 18.0 Å². The van der Waals surface area contributed by atoms with Crippen LogP contribution in [0.4, 0.5) is 5.69 Å². The Labute approximate surface area is 93.8 Å². The largest absolute Gasteiger partial charge is 0.399 e. The minimum atomic E-state index is 0.837. The van der Waals surface area contributed by atoms with Gasteiger partial charge in [0.1, 0.15) is 5.01 Å². The van der Waals surface area contributed by atoms with E-state index >= 15 is 0 Å². The molecule has 1 aromatic carbocycles. The molecule has 15 heavy (non-hydrogen) atoms. The van der Waals surface area contributed by atoms with Gasteiger partial charge >= 0.3 is 0 Å². The van der Waals surface area contributed by atoms with Crippen LogP contribution in [0, 0.1) is 20.8 Å². The summed E-state index contributed by atoms with van der Waals surface area (Å²) in [6.45, 7) is 6.16. The summed E-state index contributed by atoms with van der Waals surface area (Å²) in [6.07, 6.45) is 0. The van der Waals surface area contributed by atoms with Gasteiger partial charge in [0.05, 0.1) is 5.69 Å². The van der Waals surface area contributed by atoms with Crippen molar-refractivity contribution in [3.8, 4) is 10.6 Å². The Morgan fingerprint density at radius 1 is 1.20 bits per heavy atom. The average molecular weight is 218 g/mol. The molecule has 0 spiro atoms. The number of rotatable bonds is 1. The quantitative estimate of drug-likeness (QED) is 0.746. The molecule has 2 nitrogen and oxygen atoms in total. The number of benzene rings is 1. The molecule has 0 saturated carbocycles. The van der Waals surface area contributed by atoms with Crippen molar-refractivity contribution in [2.24, 2.45) is 0 Å². The second-order valence-corrected chi connectivity index (χ2v) is 4.94. The van der Waals surface area contributed by atoms with Crippen LogP contribution < -0.4 is 5.73 Å². The Kier molecular flexibility index (Phi) is 2.49. The predicted molar refractivity (Wildman–Crippen MR) is 66.2 cm³/mol. The fraction of sp³-hybridized carbons (Fsp3) is 0.250.